The van der Waals surface area contributed by atoms with E-state index in [0.29, 0.717) is 0 Å². The average molecular weight is 446 g/mol. The minimum Gasteiger partial charge on any atom is -0.354 e. The van der Waals surface area contributed by atoms with Crippen LogP contribution in [0.2, 0.25) is 0 Å². The molecule has 5 heteroatoms. The molecule has 3 aromatic rings. The first-order chi connectivity index (χ1) is 11.7. The molecule has 0 aliphatic carbocycles. The van der Waals surface area contributed by atoms with E-state index >= 15 is 0 Å². The number of carbonyl (C=O) groups excluding carboxylic acids is 1. The molecule has 3 nitrogen and oxygen atoms in total. The predicted molar refractivity (Wildman–Crippen MR) is 106 cm³/mol. The van der Waals surface area contributed by atoms with Crippen LogP contribution in [0.3, 0.4) is 0 Å². The Hall–Kier alpha value is -2.11. The Morgan fingerprint density at radius 2 is 1.54 bits per heavy atom. The van der Waals surface area contributed by atoms with Crippen molar-refractivity contribution in [3.05, 3.63) is 81.7 Å². The number of halogens is 2. The molecule has 0 aliphatic heterocycles. The first kappa shape index (κ1) is 16.7. The number of nitrogens with zero attached hydrogens (tertiary/aromatic N) is 1. The van der Waals surface area contributed by atoms with Crippen LogP contribution in [0.1, 0.15) is 0 Å². The number of anilines is 4. The first-order valence-corrected chi connectivity index (χ1v) is 8.88. The molecule has 0 saturated carbocycles. The highest BCUT2D eigenvalue weighted by Gasteiger charge is 2.13. The topological polar surface area (TPSA) is 32.3 Å². The summed E-state index contributed by atoms with van der Waals surface area (Å²) in [5, 5.41) is 3.37. The van der Waals surface area contributed by atoms with E-state index in [1.54, 1.807) is 4.90 Å². The summed E-state index contributed by atoms with van der Waals surface area (Å²) in [5.41, 5.74) is 3.37. The summed E-state index contributed by atoms with van der Waals surface area (Å²) >= 11 is 6.92. The average Bonchev–Trinajstić information content (AvgIpc) is 2.57. The van der Waals surface area contributed by atoms with Gasteiger partial charge in [0.1, 0.15) is 0 Å². The molecule has 0 radical (unpaired) electrons. The molecule has 3 aromatic carbocycles. The van der Waals surface area contributed by atoms with Gasteiger partial charge in [0.2, 0.25) is 6.41 Å². The van der Waals surface area contributed by atoms with Gasteiger partial charge in [-0.25, -0.2) is 0 Å². The van der Waals surface area contributed by atoms with Crippen molar-refractivity contribution in [2.45, 2.75) is 0 Å². The van der Waals surface area contributed by atoms with Crippen molar-refractivity contribution in [3.63, 3.8) is 0 Å². The van der Waals surface area contributed by atoms with Gasteiger partial charge in [0.25, 0.3) is 0 Å². The second kappa shape index (κ2) is 7.64. The fourth-order valence-corrected chi connectivity index (χ4v) is 3.18. The molecular formula is C19H14Br2N2O. The first-order valence-electron chi connectivity index (χ1n) is 7.29. The lowest BCUT2D eigenvalue weighted by atomic mass is 10.2. The zero-order chi connectivity index (χ0) is 16.9. The SMILES string of the molecule is O=CN(c1cccc(Br)c1)c1ccccc1Nc1cccc(Br)c1. The smallest absolute Gasteiger partial charge is 0.218 e. The molecule has 0 unspecified atom stereocenters. The van der Waals surface area contributed by atoms with Crippen LogP contribution >= 0.6 is 31.9 Å². The van der Waals surface area contributed by atoms with Crippen molar-refractivity contribution >= 4 is 61.0 Å². The summed E-state index contributed by atoms with van der Waals surface area (Å²) < 4.78 is 1.91. The molecule has 0 aromatic heterocycles. The van der Waals surface area contributed by atoms with Crippen molar-refractivity contribution < 1.29 is 4.79 Å². The Kier molecular flexibility index (Phi) is 5.33. The second-order valence-corrected chi connectivity index (χ2v) is 6.94. The van der Waals surface area contributed by atoms with E-state index in [9.17, 15) is 4.79 Å². The van der Waals surface area contributed by atoms with Crippen LogP contribution < -0.4 is 10.2 Å². The maximum Gasteiger partial charge on any atom is 0.218 e. The van der Waals surface area contributed by atoms with Crippen molar-refractivity contribution in [3.8, 4) is 0 Å². The molecule has 0 fully saturated rings. The summed E-state index contributed by atoms with van der Waals surface area (Å²) in [6, 6.07) is 23.2. The Labute approximate surface area is 157 Å². The van der Waals surface area contributed by atoms with Gasteiger partial charge in [0.15, 0.2) is 0 Å². The third-order valence-electron chi connectivity index (χ3n) is 3.46. The maximum atomic E-state index is 11.8. The largest absolute Gasteiger partial charge is 0.354 e. The number of carbonyl (C=O) groups is 1. The summed E-state index contributed by atoms with van der Waals surface area (Å²) in [7, 11) is 0. The van der Waals surface area contributed by atoms with Gasteiger partial charge in [0, 0.05) is 20.3 Å². The molecule has 1 amide bonds. The van der Waals surface area contributed by atoms with E-state index in [4.69, 9.17) is 0 Å². The molecular weight excluding hydrogens is 432 g/mol. The van der Waals surface area contributed by atoms with Crippen LogP contribution in [0.5, 0.6) is 0 Å². The molecule has 0 aliphatic rings. The van der Waals surface area contributed by atoms with E-state index < -0.39 is 0 Å². The molecule has 0 spiro atoms. The lowest BCUT2D eigenvalue weighted by molar-refractivity contribution is -0.106. The summed E-state index contributed by atoms with van der Waals surface area (Å²) in [6.07, 6.45) is 0.823. The number of amides is 1. The number of para-hydroxylation sites is 2. The van der Waals surface area contributed by atoms with E-state index in [0.717, 1.165) is 38.1 Å². The van der Waals surface area contributed by atoms with Crippen molar-refractivity contribution in [2.24, 2.45) is 0 Å². The molecule has 120 valence electrons. The van der Waals surface area contributed by atoms with E-state index in [1.165, 1.54) is 0 Å². The van der Waals surface area contributed by atoms with Gasteiger partial charge in [-0.15, -0.1) is 0 Å². The Bertz CT molecular complexity index is 867. The van der Waals surface area contributed by atoms with E-state index in [1.807, 2.05) is 72.8 Å². The number of hydrogen-bond donors (Lipinski definition) is 1. The van der Waals surface area contributed by atoms with Crippen molar-refractivity contribution in [2.75, 3.05) is 10.2 Å². The highest BCUT2D eigenvalue weighted by molar-refractivity contribution is 9.10. The van der Waals surface area contributed by atoms with Crippen LogP contribution in [0.15, 0.2) is 81.7 Å². The molecule has 1 N–H and O–H groups in total. The fraction of sp³-hybridized carbons (Fsp3) is 0. The zero-order valence-electron chi connectivity index (χ0n) is 12.6. The lowest BCUT2D eigenvalue weighted by Gasteiger charge is -2.22. The third-order valence-corrected chi connectivity index (χ3v) is 4.45. The Morgan fingerprint density at radius 3 is 2.25 bits per heavy atom. The summed E-state index contributed by atoms with van der Waals surface area (Å²) in [5.74, 6) is 0. The van der Waals surface area contributed by atoms with Gasteiger partial charge in [-0.2, -0.15) is 0 Å². The van der Waals surface area contributed by atoms with Gasteiger partial charge >= 0.3 is 0 Å². The highest BCUT2D eigenvalue weighted by Crippen LogP contribution is 2.34. The fourth-order valence-electron chi connectivity index (χ4n) is 2.39. The third kappa shape index (κ3) is 3.86. The number of rotatable bonds is 5. The molecule has 0 atom stereocenters. The predicted octanol–water partition coefficient (Wildman–Crippen LogP) is 6.25. The lowest BCUT2D eigenvalue weighted by Crippen LogP contribution is -2.15. The number of hydrogen-bond acceptors (Lipinski definition) is 2. The van der Waals surface area contributed by atoms with Gasteiger partial charge in [0.05, 0.1) is 11.4 Å². The Balaban J connectivity index is 2.00. The molecule has 0 heterocycles. The number of nitrogens with one attached hydrogen (secondary N) is 1. The minimum atomic E-state index is 0.783. The monoisotopic (exact) mass is 444 g/mol. The Morgan fingerprint density at radius 1 is 0.833 bits per heavy atom. The summed E-state index contributed by atoms with van der Waals surface area (Å²) in [6.45, 7) is 0. The van der Waals surface area contributed by atoms with Crippen molar-refractivity contribution in [1.29, 1.82) is 0 Å². The van der Waals surface area contributed by atoms with Gasteiger partial charge in [-0.05, 0) is 48.5 Å². The second-order valence-electron chi connectivity index (χ2n) is 5.11. The van der Waals surface area contributed by atoms with E-state index in [2.05, 4.69) is 37.2 Å². The molecule has 3 rings (SSSR count). The molecule has 0 saturated heterocycles. The van der Waals surface area contributed by atoms with Gasteiger partial charge in [-0.3, -0.25) is 9.69 Å². The quantitative estimate of drug-likeness (QED) is 0.470. The standard InChI is InChI=1S/C19H14Br2N2O/c20-14-5-3-7-16(11-14)22-18-9-1-2-10-19(18)23(13-24)17-8-4-6-15(21)12-17/h1-13,22H. The van der Waals surface area contributed by atoms with E-state index in [-0.39, 0.29) is 0 Å². The van der Waals surface area contributed by atoms with Gasteiger partial charge < -0.3 is 5.32 Å². The molecule has 24 heavy (non-hydrogen) atoms. The van der Waals surface area contributed by atoms with Crippen molar-refractivity contribution in [1.82, 2.24) is 0 Å². The maximum absolute atomic E-state index is 11.8. The highest BCUT2D eigenvalue weighted by atomic mass is 79.9. The molecule has 0 bridgehead atoms. The number of benzene rings is 3. The summed E-state index contributed by atoms with van der Waals surface area (Å²) in [4.78, 5) is 13.4. The zero-order valence-corrected chi connectivity index (χ0v) is 15.8. The van der Waals surface area contributed by atoms with Crippen LogP contribution in [-0.4, -0.2) is 6.41 Å². The van der Waals surface area contributed by atoms with Crippen LogP contribution in [-0.2, 0) is 4.79 Å². The van der Waals surface area contributed by atoms with Crippen LogP contribution in [0, 0.1) is 0 Å². The van der Waals surface area contributed by atoms with Crippen LogP contribution in [0.4, 0.5) is 22.7 Å². The normalized spacial score (nSPS) is 10.2. The van der Waals surface area contributed by atoms with Gasteiger partial charge in [-0.1, -0.05) is 56.1 Å². The minimum absolute atomic E-state index is 0.783. The van der Waals surface area contributed by atoms with Crippen LogP contribution in [0.25, 0.3) is 0 Å².